The van der Waals surface area contributed by atoms with Crippen LogP contribution in [0, 0.1) is 10.1 Å². The lowest BCUT2D eigenvalue weighted by atomic mass is 10.2. The molecule has 0 saturated heterocycles. The van der Waals surface area contributed by atoms with Gasteiger partial charge in [-0.1, -0.05) is 23.4 Å². The monoisotopic (exact) mass is 328 g/mol. The second kappa shape index (κ2) is 6.10. The van der Waals surface area contributed by atoms with Crippen molar-refractivity contribution in [3.8, 4) is 0 Å². The fourth-order valence-electron chi connectivity index (χ4n) is 1.52. The SMILES string of the molecule is Cn1[nH]c(=O)c(=O)nc1SCc1cc([N+](=O)[O-])ccc1Cl. The summed E-state index contributed by atoms with van der Waals surface area (Å²) in [4.78, 5) is 36.1. The molecule has 2 aromatic rings. The van der Waals surface area contributed by atoms with Crippen LogP contribution in [0.5, 0.6) is 0 Å². The fraction of sp³-hybridized carbons (Fsp3) is 0.182. The van der Waals surface area contributed by atoms with Gasteiger partial charge in [0.1, 0.15) is 0 Å². The minimum absolute atomic E-state index is 0.0710. The summed E-state index contributed by atoms with van der Waals surface area (Å²) in [5.74, 6) is 0.271. The number of aromatic amines is 1. The second-order valence-electron chi connectivity index (χ2n) is 4.02. The molecule has 0 radical (unpaired) electrons. The van der Waals surface area contributed by atoms with Crippen LogP contribution in [0.3, 0.4) is 0 Å². The van der Waals surface area contributed by atoms with Gasteiger partial charge in [0.05, 0.1) is 4.92 Å². The number of nitrogens with one attached hydrogen (secondary N) is 1. The average Bonchev–Trinajstić information content (AvgIpc) is 2.42. The average molecular weight is 329 g/mol. The lowest BCUT2D eigenvalue weighted by Gasteiger charge is -2.07. The zero-order valence-corrected chi connectivity index (χ0v) is 12.3. The van der Waals surface area contributed by atoms with Crippen molar-refractivity contribution < 1.29 is 4.92 Å². The number of thioether (sulfide) groups is 1. The number of hydrogen-bond donors (Lipinski definition) is 1. The van der Waals surface area contributed by atoms with Crippen LogP contribution in [-0.2, 0) is 12.8 Å². The van der Waals surface area contributed by atoms with Gasteiger partial charge < -0.3 is 0 Å². The van der Waals surface area contributed by atoms with E-state index in [1.165, 1.54) is 29.9 Å². The highest BCUT2D eigenvalue weighted by Crippen LogP contribution is 2.27. The molecular weight excluding hydrogens is 320 g/mol. The largest absolute Gasteiger partial charge is 0.339 e. The van der Waals surface area contributed by atoms with Crippen molar-refractivity contribution in [3.63, 3.8) is 0 Å². The van der Waals surface area contributed by atoms with Crippen molar-refractivity contribution in [2.24, 2.45) is 7.05 Å². The van der Waals surface area contributed by atoms with Crippen molar-refractivity contribution in [2.45, 2.75) is 10.9 Å². The van der Waals surface area contributed by atoms with Gasteiger partial charge in [-0.3, -0.25) is 29.5 Å². The number of non-ortho nitro benzene ring substituents is 1. The van der Waals surface area contributed by atoms with Crippen LogP contribution in [-0.4, -0.2) is 19.7 Å². The fourth-order valence-corrected chi connectivity index (χ4v) is 2.69. The van der Waals surface area contributed by atoms with Crippen LogP contribution in [0.25, 0.3) is 0 Å². The molecule has 0 spiro atoms. The number of nitro groups is 1. The van der Waals surface area contributed by atoms with E-state index in [2.05, 4.69) is 10.1 Å². The van der Waals surface area contributed by atoms with Crippen LogP contribution in [0.2, 0.25) is 5.02 Å². The van der Waals surface area contributed by atoms with Crippen LogP contribution < -0.4 is 11.1 Å². The normalized spacial score (nSPS) is 10.6. The Morgan fingerprint density at radius 2 is 2.19 bits per heavy atom. The highest BCUT2D eigenvalue weighted by molar-refractivity contribution is 7.98. The number of aryl methyl sites for hydroxylation is 1. The van der Waals surface area contributed by atoms with E-state index < -0.39 is 16.0 Å². The van der Waals surface area contributed by atoms with Crippen molar-refractivity contribution >= 4 is 29.1 Å². The van der Waals surface area contributed by atoms with Crippen LogP contribution >= 0.6 is 23.4 Å². The van der Waals surface area contributed by atoms with Gasteiger partial charge in [0, 0.05) is 30.0 Å². The first-order valence-corrected chi connectivity index (χ1v) is 6.98. The minimum atomic E-state index is -0.888. The van der Waals surface area contributed by atoms with Gasteiger partial charge in [0.2, 0.25) is 0 Å². The Morgan fingerprint density at radius 1 is 1.48 bits per heavy atom. The maximum atomic E-state index is 11.2. The first-order valence-electron chi connectivity index (χ1n) is 5.61. The molecule has 21 heavy (non-hydrogen) atoms. The van der Waals surface area contributed by atoms with E-state index in [0.717, 1.165) is 11.8 Å². The quantitative estimate of drug-likeness (QED) is 0.392. The van der Waals surface area contributed by atoms with Gasteiger partial charge in [-0.2, -0.15) is 4.98 Å². The third kappa shape index (κ3) is 3.50. The first kappa shape index (κ1) is 15.3. The molecule has 0 fully saturated rings. The molecular formula is C11H9ClN4O4S. The van der Waals surface area contributed by atoms with E-state index >= 15 is 0 Å². The molecule has 1 heterocycles. The number of aromatic nitrogens is 3. The maximum Gasteiger partial charge on any atom is 0.339 e. The molecule has 0 bridgehead atoms. The highest BCUT2D eigenvalue weighted by atomic mass is 35.5. The molecule has 8 nitrogen and oxygen atoms in total. The van der Waals surface area contributed by atoms with Crippen molar-refractivity contribution in [3.05, 3.63) is 59.6 Å². The van der Waals surface area contributed by atoms with E-state index in [1.807, 2.05) is 0 Å². The summed E-state index contributed by atoms with van der Waals surface area (Å²) < 4.78 is 1.31. The molecule has 110 valence electrons. The third-order valence-corrected chi connectivity index (χ3v) is 3.99. The Labute approximate surface area is 126 Å². The summed E-state index contributed by atoms with van der Waals surface area (Å²) in [6, 6.07) is 4.11. The minimum Gasteiger partial charge on any atom is -0.265 e. The van der Waals surface area contributed by atoms with Gasteiger partial charge >= 0.3 is 11.1 Å². The van der Waals surface area contributed by atoms with Gasteiger partial charge in [-0.05, 0) is 11.6 Å². The number of halogens is 1. The van der Waals surface area contributed by atoms with Gasteiger partial charge in [0.15, 0.2) is 5.16 Å². The topological polar surface area (TPSA) is 111 Å². The zero-order valence-electron chi connectivity index (χ0n) is 10.7. The molecule has 1 N–H and O–H groups in total. The molecule has 0 aliphatic carbocycles. The lowest BCUT2D eigenvalue weighted by Crippen LogP contribution is -2.33. The van der Waals surface area contributed by atoms with Crippen LogP contribution in [0.1, 0.15) is 5.56 Å². The Hall–Kier alpha value is -2.13. The molecule has 0 aliphatic heterocycles. The lowest BCUT2D eigenvalue weighted by molar-refractivity contribution is -0.384. The number of benzene rings is 1. The van der Waals surface area contributed by atoms with E-state index in [9.17, 15) is 19.7 Å². The maximum absolute atomic E-state index is 11.2. The van der Waals surface area contributed by atoms with Gasteiger partial charge in [-0.15, -0.1) is 0 Å². The predicted molar refractivity (Wildman–Crippen MR) is 77.8 cm³/mol. The van der Waals surface area contributed by atoms with E-state index in [-0.39, 0.29) is 16.6 Å². The molecule has 2 rings (SSSR count). The molecule has 0 saturated carbocycles. The van der Waals surface area contributed by atoms with Crippen LogP contribution in [0.4, 0.5) is 5.69 Å². The smallest absolute Gasteiger partial charge is 0.265 e. The summed E-state index contributed by atoms with van der Waals surface area (Å²) in [5.41, 5.74) is -1.23. The summed E-state index contributed by atoms with van der Waals surface area (Å²) >= 11 is 7.11. The second-order valence-corrected chi connectivity index (χ2v) is 5.37. The molecule has 0 amide bonds. The van der Waals surface area contributed by atoms with Crippen molar-refractivity contribution in [1.82, 2.24) is 14.8 Å². The first-order chi connectivity index (χ1) is 9.88. The standard InChI is InChI=1S/C11H9ClN4O4S/c1-15-11(13-9(17)10(18)14-15)21-5-6-4-7(16(19)20)2-3-8(6)12/h2-4H,5H2,1H3,(H,14,18). The van der Waals surface area contributed by atoms with E-state index in [0.29, 0.717) is 10.6 Å². The summed E-state index contributed by atoms with van der Waals surface area (Å²) in [7, 11) is 1.53. The molecule has 1 aromatic heterocycles. The molecule has 1 aromatic carbocycles. The highest BCUT2D eigenvalue weighted by Gasteiger charge is 2.11. The van der Waals surface area contributed by atoms with Crippen molar-refractivity contribution in [2.75, 3.05) is 0 Å². The summed E-state index contributed by atoms with van der Waals surface area (Å²) in [6.07, 6.45) is 0. The van der Waals surface area contributed by atoms with Gasteiger partial charge in [-0.25, -0.2) is 0 Å². The summed E-state index contributed by atoms with van der Waals surface area (Å²) in [6.45, 7) is 0. The molecule has 10 heteroatoms. The van der Waals surface area contributed by atoms with Gasteiger partial charge in [0.25, 0.3) is 5.69 Å². The molecule has 0 atom stereocenters. The van der Waals surface area contributed by atoms with E-state index in [4.69, 9.17) is 11.6 Å². The Morgan fingerprint density at radius 3 is 2.86 bits per heavy atom. The Balaban J connectivity index is 2.26. The summed E-state index contributed by atoms with van der Waals surface area (Å²) in [5, 5.41) is 13.7. The number of nitrogens with zero attached hydrogens (tertiary/aromatic N) is 3. The number of rotatable bonds is 4. The van der Waals surface area contributed by atoms with Crippen molar-refractivity contribution in [1.29, 1.82) is 0 Å². The Bertz CT molecular complexity index is 817. The predicted octanol–water partition coefficient (Wildman–Crippen LogP) is 1.32. The number of nitro benzene ring substituents is 1. The third-order valence-electron chi connectivity index (χ3n) is 2.54. The van der Waals surface area contributed by atoms with Crippen LogP contribution in [0.15, 0.2) is 32.9 Å². The Kier molecular flexibility index (Phi) is 4.43. The van der Waals surface area contributed by atoms with E-state index in [1.54, 1.807) is 0 Å². The molecule has 0 aliphatic rings. The number of H-pyrrole nitrogens is 1. The number of hydrogen-bond acceptors (Lipinski definition) is 6. The zero-order chi connectivity index (χ0) is 15.6. The molecule has 0 unspecified atom stereocenters.